The van der Waals surface area contributed by atoms with Crippen LogP contribution in [0.15, 0.2) is 48.5 Å². The molecule has 4 rings (SSSR count). The second kappa shape index (κ2) is 11.1. The van der Waals surface area contributed by atoms with Gasteiger partial charge in [0.05, 0.1) is 6.10 Å². The molecule has 2 aliphatic heterocycles. The number of piperidine rings is 1. The largest absolute Gasteiger partial charge is 0.390 e. The first kappa shape index (κ1) is 23.7. The normalized spacial score (nSPS) is 18.7. The van der Waals surface area contributed by atoms with Crippen molar-refractivity contribution in [1.82, 2.24) is 15.1 Å². The van der Waals surface area contributed by atoms with Gasteiger partial charge in [-0.15, -0.1) is 0 Å². The number of aliphatic hydroxyl groups is 1. The maximum absolute atomic E-state index is 12.5. The van der Waals surface area contributed by atoms with Crippen LogP contribution in [0, 0.1) is 0 Å². The molecule has 0 radical (unpaired) electrons. The van der Waals surface area contributed by atoms with Crippen molar-refractivity contribution in [1.29, 1.82) is 0 Å². The number of likely N-dealkylation sites (tertiary alicyclic amines) is 1. The van der Waals surface area contributed by atoms with E-state index in [1.165, 1.54) is 11.1 Å². The lowest BCUT2D eigenvalue weighted by Crippen LogP contribution is -2.42. The van der Waals surface area contributed by atoms with Gasteiger partial charge in [-0.1, -0.05) is 24.3 Å². The third-order valence-electron chi connectivity index (χ3n) is 6.95. The Morgan fingerprint density at radius 2 is 1.73 bits per heavy atom. The molecule has 1 amide bonds. The molecule has 0 aliphatic carbocycles. The molecule has 2 aromatic carbocycles. The van der Waals surface area contributed by atoms with E-state index < -0.39 is 6.10 Å². The highest BCUT2D eigenvalue weighted by molar-refractivity contribution is 5.94. The third-order valence-corrected chi connectivity index (χ3v) is 6.95. The van der Waals surface area contributed by atoms with Crippen molar-refractivity contribution in [3.05, 3.63) is 65.2 Å². The number of carbonyl (C=O) groups is 1. The smallest absolute Gasteiger partial charge is 0.251 e. The zero-order valence-corrected chi connectivity index (χ0v) is 20.0. The summed E-state index contributed by atoms with van der Waals surface area (Å²) >= 11 is 0. The molecule has 1 unspecified atom stereocenters. The van der Waals surface area contributed by atoms with Gasteiger partial charge in [0, 0.05) is 62.6 Å². The van der Waals surface area contributed by atoms with Gasteiger partial charge >= 0.3 is 0 Å². The van der Waals surface area contributed by atoms with E-state index in [9.17, 15) is 9.90 Å². The van der Waals surface area contributed by atoms with Crippen LogP contribution in [-0.4, -0.2) is 71.7 Å². The highest BCUT2D eigenvalue weighted by Crippen LogP contribution is 2.20. The maximum Gasteiger partial charge on any atom is 0.251 e. The summed E-state index contributed by atoms with van der Waals surface area (Å²) in [7, 11) is 0. The number of carbonyl (C=O) groups excluding carboxylic acids is 1. The van der Waals surface area contributed by atoms with E-state index in [0.717, 1.165) is 51.1 Å². The fourth-order valence-corrected chi connectivity index (χ4v) is 4.90. The van der Waals surface area contributed by atoms with E-state index in [4.69, 9.17) is 0 Å². The average molecular weight is 451 g/mol. The van der Waals surface area contributed by atoms with Crippen LogP contribution < -0.4 is 10.6 Å². The Balaban J connectivity index is 1.19. The number of fused-ring (bicyclic) bond motifs is 1. The van der Waals surface area contributed by atoms with E-state index in [0.29, 0.717) is 24.2 Å². The molecule has 1 saturated heterocycles. The van der Waals surface area contributed by atoms with E-state index >= 15 is 0 Å². The number of hydrogen-bond donors (Lipinski definition) is 3. The molecule has 2 aromatic rings. The molecule has 3 N–H and O–H groups in total. The van der Waals surface area contributed by atoms with Crippen molar-refractivity contribution in [3.8, 4) is 0 Å². The number of anilines is 1. The third kappa shape index (κ3) is 6.56. The lowest BCUT2D eigenvalue weighted by Gasteiger charge is -2.35. The Labute approximate surface area is 198 Å². The van der Waals surface area contributed by atoms with E-state index in [1.807, 2.05) is 24.3 Å². The molecule has 0 bridgehead atoms. The lowest BCUT2D eigenvalue weighted by atomic mass is 10.00. The number of nitrogens with zero attached hydrogens (tertiary/aromatic N) is 2. The van der Waals surface area contributed by atoms with Crippen molar-refractivity contribution >= 4 is 11.6 Å². The lowest BCUT2D eigenvalue weighted by molar-refractivity contribution is 0.0842. The van der Waals surface area contributed by atoms with Crippen LogP contribution in [0.2, 0.25) is 0 Å². The second-order valence-electron chi connectivity index (χ2n) is 9.74. The van der Waals surface area contributed by atoms with Crippen LogP contribution in [0.1, 0.15) is 48.2 Å². The summed E-state index contributed by atoms with van der Waals surface area (Å²) < 4.78 is 0. The number of benzene rings is 2. The van der Waals surface area contributed by atoms with Crippen molar-refractivity contribution < 1.29 is 9.90 Å². The Morgan fingerprint density at radius 1 is 1.03 bits per heavy atom. The molecule has 1 fully saturated rings. The van der Waals surface area contributed by atoms with Crippen LogP contribution in [0.3, 0.4) is 0 Å². The number of nitrogens with one attached hydrogen (secondary N) is 2. The van der Waals surface area contributed by atoms with Crippen molar-refractivity contribution in [2.75, 3.05) is 38.0 Å². The van der Waals surface area contributed by atoms with E-state index in [1.54, 1.807) is 0 Å². The zero-order valence-electron chi connectivity index (χ0n) is 20.0. The molecule has 1 atom stereocenters. The Hall–Kier alpha value is -2.41. The molecular formula is C27H38N4O2. The van der Waals surface area contributed by atoms with Crippen LogP contribution in [0.25, 0.3) is 0 Å². The Kier molecular flexibility index (Phi) is 8.02. The summed E-state index contributed by atoms with van der Waals surface area (Å²) in [6, 6.07) is 17.2. The molecule has 0 aromatic heterocycles. The first-order valence-corrected chi connectivity index (χ1v) is 12.3. The highest BCUT2D eigenvalue weighted by atomic mass is 16.3. The van der Waals surface area contributed by atoms with Crippen molar-refractivity contribution in [2.24, 2.45) is 0 Å². The van der Waals surface area contributed by atoms with Gasteiger partial charge in [-0.25, -0.2) is 0 Å². The van der Waals surface area contributed by atoms with Gasteiger partial charge in [-0.2, -0.15) is 0 Å². The summed E-state index contributed by atoms with van der Waals surface area (Å²) in [5.74, 6) is -0.144. The van der Waals surface area contributed by atoms with Gasteiger partial charge in [0.15, 0.2) is 0 Å². The zero-order chi connectivity index (χ0) is 23.2. The van der Waals surface area contributed by atoms with Crippen LogP contribution >= 0.6 is 0 Å². The van der Waals surface area contributed by atoms with Gasteiger partial charge < -0.3 is 20.6 Å². The highest BCUT2D eigenvalue weighted by Gasteiger charge is 2.21. The van der Waals surface area contributed by atoms with Crippen LogP contribution in [0.4, 0.5) is 5.69 Å². The minimum atomic E-state index is -0.586. The molecule has 6 nitrogen and oxygen atoms in total. The summed E-state index contributed by atoms with van der Waals surface area (Å²) in [6.07, 6.45) is 2.70. The summed E-state index contributed by atoms with van der Waals surface area (Å²) in [5, 5.41) is 16.9. The molecule has 0 spiro atoms. The topological polar surface area (TPSA) is 67.8 Å². The van der Waals surface area contributed by atoms with Gasteiger partial charge in [-0.3, -0.25) is 9.69 Å². The standard InChI is InChI=1S/C27H38N4O2/c1-20(2)31-15-12-25(13-16-31)29-24-9-7-22(8-10-24)27(33)28-17-26(32)19-30-14-11-21-5-3-4-6-23(21)18-30/h3-10,20,25-26,29,32H,11-19H2,1-2H3,(H,28,33). The second-order valence-corrected chi connectivity index (χ2v) is 9.74. The molecule has 6 heteroatoms. The number of amides is 1. The van der Waals surface area contributed by atoms with E-state index in [2.05, 4.69) is 58.5 Å². The van der Waals surface area contributed by atoms with Crippen LogP contribution in [-0.2, 0) is 13.0 Å². The molecule has 33 heavy (non-hydrogen) atoms. The molecule has 0 saturated carbocycles. The SMILES string of the molecule is CC(C)N1CCC(Nc2ccc(C(=O)NCC(O)CN3CCc4ccccc4C3)cc2)CC1. The molecule has 178 valence electrons. The monoisotopic (exact) mass is 450 g/mol. The van der Waals surface area contributed by atoms with Gasteiger partial charge in [0.2, 0.25) is 0 Å². The fourth-order valence-electron chi connectivity index (χ4n) is 4.90. The predicted octanol–water partition coefficient (Wildman–Crippen LogP) is 3.12. The van der Waals surface area contributed by atoms with Gasteiger partial charge in [0.1, 0.15) is 0 Å². The summed E-state index contributed by atoms with van der Waals surface area (Å²) in [6.45, 7) is 9.37. The van der Waals surface area contributed by atoms with E-state index in [-0.39, 0.29) is 12.5 Å². The average Bonchev–Trinajstić information content (AvgIpc) is 2.83. The molecule has 2 heterocycles. The Morgan fingerprint density at radius 3 is 2.42 bits per heavy atom. The number of rotatable bonds is 8. The summed E-state index contributed by atoms with van der Waals surface area (Å²) in [4.78, 5) is 17.3. The number of aliphatic hydroxyl groups excluding tert-OH is 1. The first-order valence-electron chi connectivity index (χ1n) is 12.3. The molecular weight excluding hydrogens is 412 g/mol. The maximum atomic E-state index is 12.5. The number of hydrogen-bond acceptors (Lipinski definition) is 5. The van der Waals surface area contributed by atoms with Crippen LogP contribution in [0.5, 0.6) is 0 Å². The minimum absolute atomic E-state index is 0.144. The first-order chi connectivity index (χ1) is 16.0. The van der Waals surface area contributed by atoms with Crippen molar-refractivity contribution in [2.45, 2.75) is 57.8 Å². The number of β-amino-alcohol motifs (C(OH)–C–C–N with tert-alkyl or cyclic N) is 1. The fraction of sp³-hybridized carbons (Fsp3) is 0.519. The predicted molar refractivity (Wildman–Crippen MR) is 134 cm³/mol. The van der Waals surface area contributed by atoms with Crippen molar-refractivity contribution in [3.63, 3.8) is 0 Å². The van der Waals surface area contributed by atoms with Gasteiger partial charge in [0.25, 0.3) is 5.91 Å². The van der Waals surface area contributed by atoms with Gasteiger partial charge in [-0.05, 0) is 68.5 Å². The minimum Gasteiger partial charge on any atom is -0.390 e. The Bertz CT molecular complexity index is 907. The summed E-state index contributed by atoms with van der Waals surface area (Å²) in [5.41, 5.74) is 4.41. The quantitative estimate of drug-likeness (QED) is 0.577. The molecule has 2 aliphatic rings.